The van der Waals surface area contributed by atoms with Gasteiger partial charge in [0.25, 0.3) is 17.7 Å². The summed E-state index contributed by atoms with van der Waals surface area (Å²) in [6.07, 6.45) is 4.28. The van der Waals surface area contributed by atoms with Crippen LogP contribution < -0.4 is 41.8 Å². The Bertz CT molecular complexity index is 4270. The molecule has 0 aliphatic carbocycles. The average molecular weight is 1360 g/mol. The molecule has 7 amide bonds. The number of hydrogen-bond acceptors (Lipinski definition) is 18. The molecule has 3 atom stereocenters. The number of allylic oxidation sites excluding steroid dienone is 2. The summed E-state index contributed by atoms with van der Waals surface area (Å²) in [5.41, 5.74) is 13.7. The minimum atomic E-state index is -1.01. The van der Waals surface area contributed by atoms with Crippen molar-refractivity contribution in [3.63, 3.8) is 0 Å². The van der Waals surface area contributed by atoms with Crippen molar-refractivity contribution in [2.24, 2.45) is 11.1 Å². The molecule has 2 fully saturated rings. The summed E-state index contributed by atoms with van der Waals surface area (Å²) in [7, 11) is 1.46. The van der Waals surface area contributed by atoms with Crippen LogP contribution in [-0.2, 0) is 51.8 Å². The molecule has 8 aromatic rings. The van der Waals surface area contributed by atoms with Gasteiger partial charge in [-0.15, -0.1) is 11.3 Å². The number of ether oxygens (including phenoxy) is 3. The first-order chi connectivity index (χ1) is 47.0. The second-order valence-electron chi connectivity index (χ2n) is 25.5. The summed E-state index contributed by atoms with van der Waals surface area (Å²) in [4.78, 5) is 115. The van der Waals surface area contributed by atoms with Gasteiger partial charge in [0.05, 0.1) is 71.5 Å². The number of unbranched alkanes of at least 4 members (excludes halogenated alkanes) is 1. The standard InChI is InChI=1S/C69H87N17O11S/c1-10-85-52(31-41(3)79-85)64(92)77-67-75-50-34-47(62(90)71-22-13-12-17-56(88)76-60(69(6,7)8)66(94)84-39-48(87)37-51(84)63(91)72-38-44-18-20-45(21-19-44)59-43(5)73-40-98-59)36-54(95-9)57(50)82(67)24-14-15-25-83-58-49(74-68(83)78-65(93)53-32-42(4)80-86(53)11-2)33-46(61(70)89)35-55(58)97-28-16-23-81-26-29-96-30-27-81/h14-15,18-21,31-36,40,48,51,60,87H,10-13,16-17,22-30,37-39H2,1-9H3,(H2,70,89)(H,71,90)(H,72,91)(H,76,88)(H,74,78,93)(H,75,77,92). The molecule has 0 spiro atoms. The molecule has 28 nitrogen and oxygen atoms in total. The zero-order chi connectivity index (χ0) is 69.9. The maximum atomic E-state index is 14.3. The number of carbonyl (C=O) groups is 7. The number of nitrogens with two attached hydrogens (primary N) is 1. The number of hydrogen-bond donors (Lipinski definition) is 7. The number of morpholine rings is 1. The molecule has 2 aliphatic rings. The molecule has 2 saturated heterocycles. The first kappa shape index (κ1) is 70.9. The van der Waals surface area contributed by atoms with Gasteiger partial charge in [-0.05, 0) is 107 Å². The predicted molar refractivity (Wildman–Crippen MR) is 370 cm³/mol. The molecule has 29 heteroatoms. The van der Waals surface area contributed by atoms with Gasteiger partial charge in [-0.2, -0.15) is 10.2 Å². The number of nitrogens with one attached hydrogen (secondary N) is 5. The summed E-state index contributed by atoms with van der Waals surface area (Å²) in [6, 6.07) is 15.5. The summed E-state index contributed by atoms with van der Waals surface area (Å²) >= 11 is 1.55. The van der Waals surface area contributed by atoms with Crippen molar-refractivity contribution in [1.82, 2.24) is 69.4 Å². The van der Waals surface area contributed by atoms with E-state index < -0.39 is 59.0 Å². The normalized spacial score (nSPS) is 15.4. The second kappa shape index (κ2) is 31.6. The number of aromatic nitrogens is 9. The number of benzene rings is 3. The van der Waals surface area contributed by atoms with Gasteiger partial charge in [-0.3, -0.25) is 58.5 Å². The van der Waals surface area contributed by atoms with Gasteiger partial charge in [0.15, 0.2) is 0 Å². The van der Waals surface area contributed by atoms with Crippen molar-refractivity contribution in [3.8, 4) is 21.9 Å². The molecule has 8 N–H and O–H groups in total. The molecule has 0 bridgehead atoms. The zero-order valence-corrected chi connectivity index (χ0v) is 57.7. The first-order valence-electron chi connectivity index (χ1n) is 33.1. The Kier molecular flexibility index (Phi) is 22.9. The highest BCUT2D eigenvalue weighted by Gasteiger charge is 2.44. The molecular formula is C69H87N17O11S. The maximum absolute atomic E-state index is 14.3. The van der Waals surface area contributed by atoms with Crippen LogP contribution in [-0.4, -0.2) is 178 Å². The fourth-order valence-electron chi connectivity index (χ4n) is 12.2. The first-order valence-corrected chi connectivity index (χ1v) is 33.9. The van der Waals surface area contributed by atoms with E-state index in [0.29, 0.717) is 103 Å². The summed E-state index contributed by atoms with van der Waals surface area (Å²) in [6.45, 7) is 20.2. The minimum absolute atomic E-state index is 0.0360. The molecule has 3 unspecified atom stereocenters. The Morgan fingerprint density at radius 3 is 1.95 bits per heavy atom. The number of likely N-dealkylation sites (tertiary alicyclic amines) is 1. The van der Waals surface area contributed by atoms with Crippen LogP contribution in [0.5, 0.6) is 11.5 Å². The Labute approximate surface area is 571 Å². The van der Waals surface area contributed by atoms with Crippen LogP contribution in [0.4, 0.5) is 11.9 Å². The van der Waals surface area contributed by atoms with Gasteiger partial charge in [0.2, 0.25) is 35.5 Å². The summed E-state index contributed by atoms with van der Waals surface area (Å²) in [5.74, 6) is -2.43. The third-order valence-electron chi connectivity index (χ3n) is 17.2. The maximum Gasteiger partial charge on any atom is 0.276 e. The lowest BCUT2D eigenvalue weighted by atomic mass is 9.85. The number of carbonyl (C=O) groups excluding carboxylic acids is 7. The number of imidazole rings is 2. The van der Waals surface area contributed by atoms with Crippen molar-refractivity contribution in [3.05, 3.63) is 123 Å². The largest absolute Gasteiger partial charge is 0.494 e. The van der Waals surface area contributed by atoms with E-state index in [1.165, 1.54) is 12.0 Å². The van der Waals surface area contributed by atoms with Gasteiger partial charge in [0.1, 0.15) is 46.0 Å². The van der Waals surface area contributed by atoms with Gasteiger partial charge in [-0.1, -0.05) is 57.2 Å². The minimum Gasteiger partial charge on any atom is -0.494 e. The highest BCUT2D eigenvalue weighted by Crippen LogP contribution is 2.35. The quantitative estimate of drug-likeness (QED) is 0.0193. The van der Waals surface area contributed by atoms with E-state index in [0.717, 1.165) is 41.3 Å². The highest BCUT2D eigenvalue weighted by atomic mass is 32.1. The molecule has 0 saturated carbocycles. The summed E-state index contributed by atoms with van der Waals surface area (Å²) < 4.78 is 24.6. The molecule has 0 radical (unpaired) electrons. The van der Waals surface area contributed by atoms with Crippen LogP contribution >= 0.6 is 11.3 Å². The van der Waals surface area contributed by atoms with E-state index >= 15 is 0 Å². The molecule has 10 rings (SSSR count). The van der Waals surface area contributed by atoms with Crippen LogP contribution in [0.2, 0.25) is 0 Å². The SMILES string of the molecule is CCn1nc(C)cc1C(=O)Nc1nc2cc(C(=O)NCCCCC(=O)NC(C(=O)N3CC(O)CC3C(=O)NCc3ccc(-c4scnc4C)cc3)C(C)(C)C)cc(OC)c2n1CC=CCn1c(NC(=O)c2cc(C)nn2CC)nc2cc(C(N)=O)cc(OCCCN3CCOCC3)c21. The molecule has 520 valence electrons. The number of anilines is 2. The number of fused-ring (bicyclic) bond motifs is 2. The third kappa shape index (κ3) is 16.7. The molecular weight excluding hydrogens is 1270 g/mol. The van der Waals surface area contributed by atoms with Crippen LogP contribution in [0.15, 0.2) is 78.3 Å². The molecule has 5 aromatic heterocycles. The topological polar surface area (TPSA) is 344 Å². The number of aliphatic hydroxyl groups is 1. The van der Waals surface area contributed by atoms with Crippen molar-refractivity contribution >= 4 is 86.7 Å². The number of rotatable bonds is 29. The Morgan fingerprint density at radius 2 is 1.38 bits per heavy atom. The molecule has 3 aromatic carbocycles. The van der Waals surface area contributed by atoms with E-state index in [1.54, 1.807) is 85.6 Å². The number of β-amino-alcohol motifs (C(OH)–C–C–N with tert-alkyl or cyclic N) is 1. The van der Waals surface area contributed by atoms with Gasteiger partial charge in [-0.25, -0.2) is 15.0 Å². The van der Waals surface area contributed by atoms with E-state index in [-0.39, 0.29) is 80.2 Å². The molecule has 7 heterocycles. The van der Waals surface area contributed by atoms with E-state index in [4.69, 9.17) is 29.9 Å². The monoisotopic (exact) mass is 1360 g/mol. The Balaban J connectivity index is 0.825. The number of aryl methyl sites for hydroxylation is 5. The van der Waals surface area contributed by atoms with Crippen molar-refractivity contribution < 1.29 is 52.9 Å². The van der Waals surface area contributed by atoms with Gasteiger partial charge >= 0.3 is 0 Å². The number of primary amides is 1. The van der Waals surface area contributed by atoms with Crippen LogP contribution in [0.25, 0.3) is 32.5 Å². The number of aliphatic hydroxyl groups excluding tert-OH is 1. The van der Waals surface area contributed by atoms with Crippen LogP contribution in [0, 0.1) is 26.2 Å². The van der Waals surface area contributed by atoms with Crippen molar-refractivity contribution in [2.45, 2.75) is 138 Å². The lowest BCUT2D eigenvalue weighted by Gasteiger charge is -2.35. The molecule has 2 aliphatic heterocycles. The smallest absolute Gasteiger partial charge is 0.276 e. The zero-order valence-electron chi connectivity index (χ0n) is 56.9. The van der Waals surface area contributed by atoms with E-state index in [9.17, 15) is 38.7 Å². The Hall–Kier alpha value is -9.84. The molecule has 98 heavy (non-hydrogen) atoms. The number of methoxy groups -OCH3 is 1. The lowest BCUT2D eigenvalue weighted by molar-refractivity contribution is -0.144. The lowest BCUT2D eigenvalue weighted by Crippen LogP contribution is -2.57. The van der Waals surface area contributed by atoms with Gasteiger partial charge < -0.3 is 55.0 Å². The average Bonchev–Trinajstić information content (AvgIpc) is 1.62. The second-order valence-corrected chi connectivity index (χ2v) is 26.4. The van der Waals surface area contributed by atoms with Crippen molar-refractivity contribution in [1.29, 1.82) is 0 Å². The Morgan fingerprint density at radius 1 is 0.776 bits per heavy atom. The van der Waals surface area contributed by atoms with E-state index in [1.807, 2.05) is 78.0 Å². The van der Waals surface area contributed by atoms with Crippen LogP contribution in [0.3, 0.4) is 0 Å². The van der Waals surface area contributed by atoms with E-state index in [2.05, 4.69) is 46.7 Å². The summed E-state index contributed by atoms with van der Waals surface area (Å²) in [5, 5.41) is 34.4. The third-order valence-corrected chi connectivity index (χ3v) is 18.2. The number of thiazole rings is 1. The highest BCUT2D eigenvalue weighted by molar-refractivity contribution is 7.13. The fourth-order valence-corrected chi connectivity index (χ4v) is 13.0. The van der Waals surface area contributed by atoms with Gasteiger partial charge in [0, 0.05) is 89.4 Å². The predicted octanol–water partition coefficient (Wildman–Crippen LogP) is 6.55. The van der Waals surface area contributed by atoms with Crippen LogP contribution in [0.1, 0.15) is 131 Å². The fraction of sp³-hybridized carbons (Fsp3) is 0.449. The number of amides is 7. The number of nitrogens with zero attached hydrogens (tertiary/aromatic N) is 11. The van der Waals surface area contributed by atoms with Crippen molar-refractivity contribution in [2.75, 3.05) is 70.3 Å².